The molecule has 2 heterocycles. The molecule has 4 nitrogen and oxygen atoms in total. The maximum Gasteiger partial charge on any atom is 0.230 e. The summed E-state index contributed by atoms with van der Waals surface area (Å²) >= 11 is 0. The third-order valence-electron chi connectivity index (χ3n) is 6.66. The molecule has 3 fully saturated rings. The smallest absolute Gasteiger partial charge is 0.230 e. The van der Waals surface area contributed by atoms with Crippen molar-refractivity contribution in [3.05, 3.63) is 29.8 Å². The molecule has 0 aromatic heterocycles. The second-order valence-electron chi connectivity index (χ2n) is 8.21. The van der Waals surface area contributed by atoms with Gasteiger partial charge < -0.3 is 15.1 Å². The lowest BCUT2D eigenvalue weighted by Gasteiger charge is -2.40. The fourth-order valence-corrected chi connectivity index (χ4v) is 5.29. The predicted octanol–water partition coefficient (Wildman–Crippen LogP) is 3.87. The number of nitrogens with one attached hydrogen (secondary N) is 1. The molecule has 6 heteroatoms. The molecule has 1 saturated carbocycles. The highest BCUT2D eigenvalue weighted by molar-refractivity contribution is 5.85. The molecule has 0 spiro atoms. The Labute approximate surface area is 175 Å². The van der Waals surface area contributed by atoms with E-state index in [9.17, 15) is 4.79 Å². The van der Waals surface area contributed by atoms with Crippen LogP contribution in [0.3, 0.4) is 0 Å². The average Bonchev–Trinajstić information content (AvgIpc) is 3.31. The van der Waals surface area contributed by atoms with Gasteiger partial charge in [-0.2, -0.15) is 0 Å². The molecule has 1 N–H and O–H groups in total. The highest BCUT2D eigenvalue weighted by atomic mass is 35.5. The van der Waals surface area contributed by atoms with Crippen LogP contribution in [0.15, 0.2) is 24.3 Å². The summed E-state index contributed by atoms with van der Waals surface area (Å²) in [6.45, 7) is 4.90. The Morgan fingerprint density at radius 2 is 1.93 bits per heavy atom. The van der Waals surface area contributed by atoms with E-state index in [0.717, 1.165) is 39.1 Å². The maximum atomic E-state index is 13.4. The van der Waals surface area contributed by atoms with Crippen molar-refractivity contribution < 1.29 is 4.79 Å². The van der Waals surface area contributed by atoms with E-state index in [1.807, 2.05) is 11.9 Å². The van der Waals surface area contributed by atoms with Gasteiger partial charge in [0.05, 0.1) is 5.41 Å². The molecule has 1 aromatic rings. The first-order chi connectivity index (χ1) is 12.2. The third kappa shape index (κ3) is 4.23. The molecule has 0 bridgehead atoms. The fourth-order valence-electron chi connectivity index (χ4n) is 5.29. The van der Waals surface area contributed by atoms with E-state index in [-0.39, 0.29) is 30.2 Å². The number of amides is 1. The molecule has 2 saturated heterocycles. The van der Waals surface area contributed by atoms with Crippen LogP contribution >= 0.6 is 24.8 Å². The molecule has 0 unspecified atom stereocenters. The molecule has 1 aromatic carbocycles. The first kappa shape index (κ1) is 22.3. The van der Waals surface area contributed by atoms with Crippen LogP contribution in [0.2, 0.25) is 0 Å². The Bertz CT molecular complexity index is 636. The van der Waals surface area contributed by atoms with Crippen LogP contribution in [-0.4, -0.2) is 44.0 Å². The average molecular weight is 414 g/mol. The van der Waals surface area contributed by atoms with Gasteiger partial charge in [-0.05, 0) is 49.8 Å². The number of hydrogen-bond acceptors (Lipinski definition) is 3. The van der Waals surface area contributed by atoms with Gasteiger partial charge in [0.15, 0.2) is 0 Å². The Balaban J connectivity index is 0.00000131. The van der Waals surface area contributed by atoms with Crippen molar-refractivity contribution in [3.8, 4) is 0 Å². The van der Waals surface area contributed by atoms with Gasteiger partial charge in [0.1, 0.15) is 0 Å². The summed E-state index contributed by atoms with van der Waals surface area (Å²) in [5.74, 6) is 0.892. The molecule has 1 aliphatic carbocycles. The van der Waals surface area contributed by atoms with E-state index < -0.39 is 0 Å². The number of hydrogen-bond donors (Lipinski definition) is 1. The number of rotatable bonds is 4. The zero-order valence-electron chi connectivity index (χ0n) is 16.3. The zero-order valence-corrected chi connectivity index (χ0v) is 17.9. The van der Waals surface area contributed by atoms with Crippen molar-refractivity contribution in [2.24, 2.45) is 11.3 Å². The quantitative estimate of drug-likeness (QED) is 0.813. The number of fused-ring (bicyclic) bond motifs is 1. The van der Waals surface area contributed by atoms with Crippen LogP contribution < -0.4 is 10.2 Å². The molecule has 27 heavy (non-hydrogen) atoms. The SMILES string of the molecule is CN(Cc1ccccc1N1CCCC1)C(=O)[C@@]12CCCC[C@H]1CNC2.Cl.Cl. The van der Waals surface area contributed by atoms with Crippen LogP contribution in [0.1, 0.15) is 44.1 Å². The summed E-state index contributed by atoms with van der Waals surface area (Å²) in [5.41, 5.74) is 2.46. The summed E-state index contributed by atoms with van der Waals surface area (Å²) in [5, 5.41) is 3.51. The van der Waals surface area contributed by atoms with Crippen LogP contribution in [0.4, 0.5) is 5.69 Å². The van der Waals surface area contributed by atoms with Gasteiger partial charge in [0.2, 0.25) is 5.91 Å². The van der Waals surface area contributed by atoms with Crippen molar-refractivity contribution >= 4 is 36.4 Å². The van der Waals surface area contributed by atoms with E-state index in [2.05, 4.69) is 34.5 Å². The second kappa shape index (κ2) is 9.49. The summed E-state index contributed by atoms with van der Waals surface area (Å²) < 4.78 is 0. The third-order valence-corrected chi connectivity index (χ3v) is 6.66. The first-order valence-electron chi connectivity index (χ1n) is 10.00. The molecule has 3 aliphatic rings. The minimum atomic E-state index is -0.143. The van der Waals surface area contributed by atoms with Crippen molar-refractivity contribution in [2.75, 3.05) is 38.1 Å². The Kier molecular flexibility index (Phi) is 7.84. The van der Waals surface area contributed by atoms with Gasteiger partial charge in [-0.15, -0.1) is 24.8 Å². The first-order valence-corrected chi connectivity index (χ1v) is 10.00. The van der Waals surface area contributed by atoms with Crippen molar-refractivity contribution in [1.82, 2.24) is 10.2 Å². The lowest BCUT2D eigenvalue weighted by molar-refractivity contribution is -0.144. The standard InChI is InChI=1S/C21H31N3O.2ClH/c1-23(20(25)21-11-5-4-9-18(21)14-22-16-21)15-17-8-2-3-10-19(17)24-12-6-7-13-24;;/h2-3,8,10,18,22H,4-7,9,11-16H2,1H3;2*1H/t18-,21+;;/m0../s1. The van der Waals surface area contributed by atoms with Gasteiger partial charge in [0.25, 0.3) is 0 Å². The highest BCUT2D eigenvalue weighted by Crippen LogP contribution is 2.45. The van der Waals surface area contributed by atoms with Crippen LogP contribution in [0, 0.1) is 11.3 Å². The molecule has 0 radical (unpaired) electrons. The van der Waals surface area contributed by atoms with Gasteiger partial charge in [0, 0.05) is 38.9 Å². The van der Waals surface area contributed by atoms with Crippen LogP contribution in [0.25, 0.3) is 0 Å². The van der Waals surface area contributed by atoms with Gasteiger partial charge in [-0.25, -0.2) is 0 Å². The number of anilines is 1. The molecule has 2 atom stereocenters. The monoisotopic (exact) mass is 413 g/mol. The number of carbonyl (C=O) groups excluding carboxylic acids is 1. The normalized spacial score (nSPS) is 26.7. The number of halogens is 2. The number of benzene rings is 1. The van der Waals surface area contributed by atoms with Crippen LogP contribution in [-0.2, 0) is 11.3 Å². The van der Waals surface area contributed by atoms with Crippen molar-refractivity contribution in [1.29, 1.82) is 0 Å². The van der Waals surface area contributed by atoms with Crippen molar-refractivity contribution in [3.63, 3.8) is 0 Å². The van der Waals surface area contributed by atoms with Gasteiger partial charge >= 0.3 is 0 Å². The highest BCUT2D eigenvalue weighted by Gasteiger charge is 2.50. The second-order valence-corrected chi connectivity index (χ2v) is 8.21. The summed E-state index contributed by atoms with van der Waals surface area (Å²) in [4.78, 5) is 17.9. The molecule has 1 amide bonds. The van der Waals surface area contributed by atoms with E-state index in [0.29, 0.717) is 11.8 Å². The summed E-state index contributed by atoms with van der Waals surface area (Å²) in [6, 6.07) is 8.64. The lowest BCUT2D eigenvalue weighted by Crippen LogP contribution is -2.48. The van der Waals surface area contributed by atoms with Crippen molar-refractivity contribution in [2.45, 2.75) is 45.1 Å². The van der Waals surface area contributed by atoms with Gasteiger partial charge in [-0.3, -0.25) is 4.79 Å². The lowest BCUT2D eigenvalue weighted by atomic mass is 9.67. The Morgan fingerprint density at radius 1 is 1.19 bits per heavy atom. The molecular weight excluding hydrogens is 381 g/mol. The maximum absolute atomic E-state index is 13.4. The molecule has 152 valence electrons. The molecule has 2 aliphatic heterocycles. The van der Waals surface area contributed by atoms with E-state index in [4.69, 9.17) is 0 Å². The van der Waals surface area contributed by atoms with Crippen LogP contribution in [0.5, 0.6) is 0 Å². The Morgan fingerprint density at radius 3 is 2.70 bits per heavy atom. The molecular formula is C21H33Cl2N3O. The van der Waals surface area contributed by atoms with Gasteiger partial charge in [-0.1, -0.05) is 31.0 Å². The summed E-state index contributed by atoms with van der Waals surface area (Å²) in [6.07, 6.45) is 7.29. The zero-order chi connectivity index (χ0) is 17.3. The number of carbonyl (C=O) groups is 1. The van der Waals surface area contributed by atoms with E-state index in [1.54, 1.807) is 0 Å². The number of nitrogens with zero attached hydrogens (tertiary/aromatic N) is 2. The predicted molar refractivity (Wildman–Crippen MR) is 116 cm³/mol. The fraction of sp³-hybridized carbons (Fsp3) is 0.667. The Hall–Kier alpha value is -0.970. The number of para-hydroxylation sites is 1. The minimum Gasteiger partial charge on any atom is -0.371 e. The van der Waals surface area contributed by atoms with E-state index in [1.165, 1.54) is 43.4 Å². The minimum absolute atomic E-state index is 0. The molecule has 4 rings (SSSR count). The van der Waals surface area contributed by atoms with E-state index >= 15 is 0 Å². The summed E-state index contributed by atoms with van der Waals surface area (Å²) in [7, 11) is 2.00. The topological polar surface area (TPSA) is 35.6 Å². The largest absolute Gasteiger partial charge is 0.371 e.